The minimum absolute atomic E-state index is 0.396. The lowest BCUT2D eigenvalue weighted by Gasteiger charge is -2.34. The van der Waals surface area contributed by atoms with Gasteiger partial charge in [-0.25, -0.2) is 4.90 Å². The van der Waals surface area contributed by atoms with E-state index in [4.69, 9.17) is 14.2 Å². The van der Waals surface area contributed by atoms with E-state index in [0.29, 0.717) is 5.69 Å². The van der Waals surface area contributed by atoms with Gasteiger partial charge in [-0.15, -0.1) is 0 Å². The van der Waals surface area contributed by atoms with Gasteiger partial charge in [0.2, 0.25) is 11.8 Å². The Morgan fingerprint density at radius 1 is 1.00 bits per heavy atom. The van der Waals surface area contributed by atoms with Crippen molar-refractivity contribution in [1.29, 1.82) is 0 Å². The van der Waals surface area contributed by atoms with E-state index < -0.39 is 53.6 Å². The maximum absolute atomic E-state index is 13.6. The van der Waals surface area contributed by atoms with Crippen LogP contribution in [0.1, 0.15) is 13.8 Å². The largest absolute Gasteiger partial charge is 0.422 e. The quantitative estimate of drug-likeness (QED) is 0.323. The van der Waals surface area contributed by atoms with Gasteiger partial charge in [-0.3, -0.25) is 19.2 Å². The molecule has 31 heavy (non-hydrogen) atoms. The molecule has 0 saturated carbocycles. The first-order valence-corrected chi connectivity index (χ1v) is 9.90. The van der Waals surface area contributed by atoms with E-state index in [9.17, 15) is 19.2 Å². The van der Waals surface area contributed by atoms with Crippen LogP contribution in [0.4, 0.5) is 5.69 Å². The fraction of sp³-hybridized carbons (Fsp3) is 0.304. The molecule has 2 bridgehead atoms. The van der Waals surface area contributed by atoms with Gasteiger partial charge >= 0.3 is 11.9 Å². The summed E-state index contributed by atoms with van der Waals surface area (Å²) in [4.78, 5) is 51.6. The summed E-state index contributed by atoms with van der Waals surface area (Å²) in [6.45, 7) is 2.33. The standard InChI is InChI=1S/C23H19NO7/c1-12(25)29-22(30-13(2)26)23-11-10-17(31-23)18-19(23)21(28)24(20(18)27)16-9-5-7-14-6-3-4-8-15(14)16/h3-11,17-19,22H,1-2H3/t17-,18+,19+,23+/m0/s1. The molecule has 0 aliphatic carbocycles. The highest BCUT2D eigenvalue weighted by atomic mass is 16.7. The van der Waals surface area contributed by atoms with Crippen LogP contribution >= 0.6 is 0 Å². The van der Waals surface area contributed by atoms with Crippen LogP contribution in [-0.4, -0.2) is 41.7 Å². The van der Waals surface area contributed by atoms with E-state index in [2.05, 4.69) is 0 Å². The number of carbonyl (C=O) groups is 4. The Labute approximate surface area is 177 Å². The fourth-order valence-electron chi connectivity index (χ4n) is 4.86. The summed E-state index contributed by atoms with van der Waals surface area (Å²) >= 11 is 0. The van der Waals surface area contributed by atoms with E-state index >= 15 is 0 Å². The minimum Gasteiger partial charge on any atom is -0.422 e. The predicted octanol–water partition coefficient (Wildman–Crippen LogP) is 2.11. The molecule has 5 rings (SSSR count). The summed E-state index contributed by atoms with van der Waals surface area (Å²) in [6, 6.07) is 12.9. The van der Waals surface area contributed by atoms with Gasteiger partial charge in [-0.2, -0.15) is 0 Å². The third kappa shape index (κ3) is 2.71. The minimum atomic E-state index is -1.56. The van der Waals surface area contributed by atoms with Crippen molar-refractivity contribution in [3.63, 3.8) is 0 Å². The van der Waals surface area contributed by atoms with Gasteiger partial charge in [-0.05, 0) is 17.5 Å². The Bertz CT molecular complexity index is 1150. The van der Waals surface area contributed by atoms with Crippen LogP contribution in [0, 0.1) is 11.8 Å². The molecule has 158 valence electrons. The zero-order chi connectivity index (χ0) is 21.9. The number of ether oxygens (including phenoxy) is 3. The lowest BCUT2D eigenvalue weighted by atomic mass is 9.76. The molecule has 0 N–H and O–H groups in total. The van der Waals surface area contributed by atoms with Crippen molar-refractivity contribution >= 4 is 40.2 Å². The number of hydrogen-bond donors (Lipinski definition) is 0. The highest BCUT2D eigenvalue weighted by molar-refractivity contribution is 6.26. The summed E-state index contributed by atoms with van der Waals surface area (Å²) in [5.74, 6) is -4.07. The van der Waals surface area contributed by atoms with Gasteiger partial charge in [0.05, 0.1) is 23.6 Å². The van der Waals surface area contributed by atoms with Crippen LogP contribution in [0.5, 0.6) is 0 Å². The van der Waals surface area contributed by atoms with Gasteiger partial charge < -0.3 is 14.2 Å². The average molecular weight is 421 g/mol. The maximum Gasteiger partial charge on any atom is 0.305 e. The van der Waals surface area contributed by atoms with Crippen LogP contribution in [-0.2, 0) is 33.4 Å². The molecular weight excluding hydrogens is 402 g/mol. The second-order valence-corrected chi connectivity index (χ2v) is 7.86. The number of carbonyl (C=O) groups excluding carboxylic acids is 4. The van der Waals surface area contributed by atoms with Crippen molar-refractivity contribution in [2.75, 3.05) is 4.90 Å². The van der Waals surface area contributed by atoms with Gasteiger partial charge in [0.25, 0.3) is 6.29 Å². The van der Waals surface area contributed by atoms with Crippen LogP contribution in [0.25, 0.3) is 10.8 Å². The number of hydrogen-bond acceptors (Lipinski definition) is 7. The number of benzene rings is 2. The number of amides is 2. The van der Waals surface area contributed by atoms with Crippen LogP contribution in [0.15, 0.2) is 54.6 Å². The molecule has 4 atom stereocenters. The number of rotatable bonds is 4. The third-order valence-electron chi connectivity index (χ3n) is 6.00. The summed E-state index contributed by atoms with van der Waals surface area (Å²) in [6.07, 6.45) is 1.05. The molecule has 2 aromatic rings. The van der Waals surface area contributed by atoms with Gasteiger partial charge in [0.15, 0.2) is 5.60 Å². The second-order valence-electron chi connectivity index (χ2n) is 7.86. The van der Waals surface area contributed by atoms with E-state index in [0.717, 1.165) is 10.8 Å². The molecule has 8 heteroatoms. The van der Waals surface area contributed by atoms with E-state index in [1.807, 2.05) is 30.3 Å². The van der Waals surface area contributed by atoms with Gasteiger partial charge in [-0.1, -0.05) is 42.5 Å². The second kappa shape index (κ2) is 6.75. The Balaban J connectivity index is 1.60. The highest BCUT2D eigenvalue weighted by Crippen LogP contribution is 2.55. The highest BCUT2D eigenvalue weighted by Gasteiger charge is 2.72. The van der Waals surface area contributed by atoms with Crippen molar-refractivity contribution in [2.45, 2.75) is 31.8 Å². The summed E-state index contributed by atoms with van der Waals surface area (Å²) < 4.78 is 16.4. The summed E-state index contributed by atoms with van der Waals surface area (Å²) in [7, 11) is 0. The SMILES string of the molecule is CC(=O)OC(OC(C)=O)[C@]12C=C[C@H](O1)[C@H]1C(=O)N(c3cccc4ccccc34)C(=O)[C@@H]12. The number of esters is 2. The molecule has 2 saturated heterocycles. The van der Waals surface area contributed by atoms with E-state index in [-0.39, 0.29) is 0 Å². The normalized spacial score (nSPS) is 28.5. The average Bonchev–Trinajstić information content (AvgIpc) is 3.38. The third-order valence-corrected chi connectivity index (χ3v) is 6.00. The first kappa shape index (κ1) is 19.4. The monoisotopic (exact) mass is 421 g/mol. The topological polar surface area (TPSA) is 99.2 Å². The van der Waals surface area contributed by atoms with E-state index in [1.165, 1.54) is 18.7 Å². The molecule has 2 fully saturated rings. The van der Waals surface area contributed by atoms with Crippen molar-refractivity contribution in [3.05, 3.63) is 54.6 Å². The lowest BCUT2D eigenvalue weighted by molar-refractivity contribution is -0.226. The Morgan fingerprint density at radius 2 is 1.68 bits per heavy atom. The zero-order valence-electron chi connectivity index (χ0n) is 16.8. The fourth-order valence-corrected chi connectivity index (χ4v) is 4.86. The molecule has 0 unspecified atom stereocenters. The first-order valence-electron chi connectivity index (χ1n) is 9.90. The molecule has 3 aliphatic heterocycles. The van der Waals surface area contributed by atoms with Gasteiger partial charge in [0, 0.05) is 19.2 Å². The van der Waals surface area contributed by atoms with Crippen LogP contribution in [0.3, 0.4) is 0 Å². The number of fused-ring (bicyclic) bond motifs is 6. The Morgan fingerprint density at radius 3 is 2.39 bits per heavy atom. The molecular formula is C23H19NO7. The zero-order valence-corrected chi connectivity index (χ0v) is 16.8. The summed E-state index contributed by atoms with van der Waals surface area (Å²) in [5, 5.41) is 1.65. The molecule has 2 aromatic carbocycles. The number of anilines is 1. The Kier molecular flexibility index (Phi) is 4.23. The number of imide groups is 1. The van der Waals surface area contributed by atoms with Crippen molar-refractivity contribution in [2.24, 2.45) is 11.8 Å². The molecule has 8 nitrogen and oxygen atoms in total. The van der Waals surface area contributed by atoms with Crippen molar-refractivity contribution < 1.29 is 33.4 Å². The molecule has 2 amide bonds. The molecule has 0 radical (unpaired) electrons. The van der Waals surface area contributed by atoms with Crippen LogP contribution in [0.2, 0.25) is 0 Å². The summed E-state index contributed by atoms with van der Waals surface area (Å²) in [5.41, 5.74) is -1.08. The van der Waals surface area contributed by atoms with Crippen molar-refractivity contribution in [1.82, 2.24) is 0 Å². The first-order chi connectivity index (χ1) is 14.8. The molecule has 3 aliphatic rings. The lowest BCUT2D eigenvalue weighted by Crippen LogP contribution is -2.52. The smallest absolute Gasteiger partial charge is 0.305 e. The van der Waals surface area contributed by atoms with E-state index in [1.54, 1.807) is 24.3 Å². The van der Waals surface area contributed by atoms with Crippen LogP contribution < -0.4 is 4.90 Å². The molecule has 0 spiro atoms. The molecule has 3 heterocycles. The predicted molar refractivity (Wildman–Crippen MR) is 107 cm³/mol. The Hall–Kier alpha value is -3.52. The molecule has 0 aromatic heterocycles. The number of nitrogens with zero attached hydrogens (tertiary/aromatic N) is 1. The van der Waals surface area contributed by atoms with Gasteiger partial charge in [0.1, 0.15) is 0 Å². The van der Waals surface area contributed by atoms with Crippen molar-refractivity contribution in [3.8, 4) is 0 Å². The maximum atomic E-state index is 13.6.